The summed E-state index contributed by atoms with van der Waals surface area (Å²) in [6.45, 7) is 4.37. The summed E-state index contributed by atoms with van der Waals surface area (Å²) in [5.41, 5.74) is 2.78. The third-order valence-corrected chi connectivity index (χ3v) is 3.23. The lowest BCUT2D eigenvalue weighted by molar-refractivity contribution is 0.687. The highest BCUT2D eigenvalue weighted by Gasteiger charge is 2.04. The molecule has 0 spiro atoms. The van der Waals surface area contributed by atoms with E-state index in [0.29, 0.717) is 4.83 Å². The maximum atomic E-state index is 3.73. The van der Waals surface area contributed by atoms with Crippen molar-refractivity contribution < 1.29 is 0 Å². The molecule has 0 fully saturated rings. The number of hydrogen-bond acceptors (Lipinski definition) is 0. The first-order valence-electron chi connectivity index (χ1n) is 5.42. The minimum absolute atomic E-state index is 0.644. The molecule has 0 aliphatic heterocycles. The van der Waals surface area contributed by atoms with Crippen molar-refractivity contribution in [3.05, 3.63) is 35.4 Å². The van der Waals surface area contributed by atoms with Crippen molar-refractivity contribution in [2.45, 2.75) is 44.4 Å². The quantitative estimate of drug-likeness (QED) is 0.680. The third kappa shape index (κ3) is 4.28. The maximum absolute atomic E-state index is 3.73. The largest absolute Gasteiger partial charge is 0.0887 e. The molecule has 0 nitrogen and oxygen atoms in total. The summed E-state index contributed by atoms with van der Waals surface area (Å²) in [5, 5.41) is 0. The van der Waals surface area contributed by atoms with Crippen LogP contribution in [0.3, 0.4) is 0 Å². The van der Waals surface area contributed by atoms with E-state index in [1.165, 1.54) is 30.4 Å². The van der Waals surface area contributed by atoms with Crippen molar-refractivity contribution in [3.63, 3.8) is 0 Å². The van der Waals surface area contributed by atoms with Crippen LogP contribution in [0.15, 0.2) is 24.3 Å². The van der Waals surface area contributed by atoms with Crippen molar-refractivity contribution >= 4 is 15.9 Å². The molecule has 1 aromatic carbocycles. The molecule has 0 heterocycles. The summed E-state index contributed by atoms with van der Waals surface area (Å²) < 4.78 is 0. The highest BCUT2D eigenvalue weighted by atomic mass is 79.9. The molecule has 0 radical (unpaired) electrons. The molecule has 14 heavy (non-hydrogen) atoms. The lowest BCUT2D eigenvalue weighted by atomic mass is 10.1. The van der Waals surface area contributed by atoms with E-state index in [4.69, 9.17) is 0 Å². The molecule has 1 aromatic rings. The summed E-state index contributed by atoms with van der Waals surface area (Å²) in [4.78, 5) is 0.644. The van der Waals surface area contributed by atoms with Gasteiger partial charge in [0.1, 0.15) is 0 Å². The standard InChI is InChI=1S/C13H19Br/c1-3-4-5-13(14)10-12-8-6-11(2)7-9-12/h6-9,13H,3-5,10H2,1-2H3. The van der Waals surface area contributed by atoms with E-state index in [-0.39, 0.29) is 0 Å². The monoisotopic (exact) mass is 254 g/mol. The second kappa shape index (κ2) is 6.23. The van der Waals surface area contributed by atoms with Gasteiger partial charge >= 0.3 is 0 Å². The van der Waals surface area contributed by atoms with E-state index in [1.54, 1.807) is 0 Å². The molecule has 1 unspecified atom stereocenters. The molecule has 1 rings (SSSR count). The summed E-state index contributed by atoms with van der Waals surface area (Å²) in [5.74, 6) is 0. The van der Waals surface area contributed by atoms with Crippen LogP contribution in [0, 0.1) is 6.92 Å². The van der Waals surface area contributed by atoms with Crippen molar-refractivity contribution in [3.8, 4) is 0 Å². The molecular weight excluding hydrogens is 236 g/mol. The van der Waals surface area contributed by atoms with Crippen LogP contribution in [0.2, 0.25) is 0 Å². The molecule has 1 heteroatoms. The number of unbranched alkanes of at least 4 members (excludes halogenated alkanes) is 1. The molecule has 0 aromatic heterocycles. The molecule has 0 bridgehead atoms. The summed E-state index contributed by atoms with van der Waals surface area (Å²) in [6.07, 6.45) is 5.04. The van der Waals surface area contributed by atoms with Crippen molar-refractivity contribution in [1.29, 1.82) is 0 Å². The van der Waals surface area contributed by atoms with E-state index in [1.807, 2.05) is 0 Å². The minimum Gasteiger partial charge on any atom is -0.0887 e. The summed E-state index contributed by atoms with van der Waals surface area (Å²) in [7, 11) is 0. The lowest BCUT2D eigenvalue weighted by Crippen LogP contribution is -2.02. The Morgan fingerprint density at radius 1 is 1.21 bits per heavy atom. The van der Waals surface area contributed by atoms with Gasteiger partial charge in [-0.05, 0) is 25.3 Å². The van der Waals surface area contributed by atoms with E-state index in [2.05, 4.69) is 54.0 Å². The SMILES string of the molecule is CCCCC(Br)Cc1ccc(C)cc1. The van der Waals surface area contributed by atoms with Crippen LogP contribution in [0.4, 0.5) is 0 Å². The Labute approximate surface area is 95.9 Å². The van der Waals surface area contributed by atoms with Gasteiger partial charge in [-0.1, -0.05) is 65.5 Å². The molecular formula is C13H19Br. The third-order valence-electron chi connectivity index (χ3n) is 2.45. The van der Waals surface area contributed by atoms with Gasteiger partial charge in [0.05, 0.1) is 0 Å². The van der Waals surface area contributed by atoms with Crippen LogP contribution < -0.4 is 0 Å². The zero-order chi connectivity index (χ0) is 10.4. The number of halogens is 1. The fraction of sp³-hybridized carbons (Fsp3) is 0.538. The summed E-state index contributed by atoms with van der Waals surface area (Å²) in [6, 6.07) is 8.84. The van der Waals surface area contributed by atoms with Gasteiger partial charge in [-0.25, -0.2) is 0 Å². The number of aryl methyl sites for hydroxylation is 1. The van der Waals surface area contributed by atoms with Gasteiger partial charge < -0.3 is 0 Å². The Balaban J connectivity index is 2.39. The van der Waals surface area contributed by atoms with Gasteiger partial charge in [0.15, 0.2) is 0 Å². The molecule has 1 atom stereocenters. The van der Waals surface area contributed by atoms with E-state index >= 15 is 0 Å². The van der Waals surface area contributed by atoms with Crippen LogP contribution in [0.5, 0.6) is 0 Å². The van der Waals surface area contributed by atoms with Gasteiger partial charge in [0, 0.05) is 4.83 Å². The number of alkyl halides is 1. The van der Waals surface area contributed by atoms with Gasteiger partial charge in [0.25, 0.3) is 0 Å². The highest BCUT2D eigenvalue weighted by Crippen LogP contribution is 2.16. The van der Waals surface area contributed by atoms with Crippen LogP contribution in [0.1, 0.15) is 37.3 Å². The van der Waals surface area contributed by atoms with E-state index in [0.717, 1.165) is 6.42 Å². The second-order valence-corrected chi connectivity index (χ2v) is 5.22. The van der Waals surface area contributed by atoms with Crippen LogP contribution in [-0.4, -0.2) is 4.83 Å². The fourth-order valence-corrected chi connectivity index (χ4v) is 2.21. The summed E-state index contributed by atoms with van der Waals surface area (Å²) >= 11 is 3.73. The fourth-order valence-electron chi connectivity index (χ4n) is 1.51. The molecule has 0 aliphatic carbocycles. The predicted octanol–water partition coefficient (Wildman–Crippen LogP) is 4.49. The average molecular weight is 255 g/mol. The Bertz CT molecular complexity index is 250. The normalized spacial score (nSPS) is 12.8. The Kier molecular flexibility index (Phi) is 5.24. The first kappa shape index (κ1) is 11.8. The van der Waals surface area contributed by atoms with Gasteiger partial charge in [-0.2, -0.15) is 0 Å². The predicted molar refractivity (Wildman–Crippen MR) is 67.1 cm³/mol. The molecule has 0 saturated carbocycles. The van der Waals surface area contributed by atoms with Gasteiger partial charge in [-0.3, -0.25) is 0 Å². The van der Waals surface area contributed by atoms with Crippen LogP contribution >= 0.6 is 15.9 Å². The Morgan fingerprint density at radius 2 is 1.86 bits per heavy atom. The van der Waals surface area contributed by atoms with Gasteiger partial charge in [0.2, 0.25) is 0 Å². The molecule has 78 valence electrons. The maximum Gasteiger partial charge on any atom is 0.0186 e. The molecule has 0 saturated heterocycles. The number of hydrogen-bond donors (Lipinski definition) is 0. The molecule has 0 amide bonds. The van der Waals surface area contributed by atoms with E-state index in [9.17, 15) is 0 Å². The zero-order valence-corrected chi connectivity index (χ0v) is 10.7. The highest BCUT2D eigenvalue weighted by molar-refractivity contribution is 9.09. The number of rotatable bonds is 5. The van der Waals surface area contributed by atoms with E-state index < -0.39 is 0 Å². The minimum atomic E-state index is 0.644. The number of benzene rings is 1. The smallest absolute Gasteiger partial charge is 0.0186 e. The Hall–Kier alpha value is -0.300. The molecule has 0 aliphatic rings. The van der Waals surface area contributed by atoms with Crippen molar-refractivity contribution in [1.82, 2.24) is 0 Å². The van der Waals surface area contributed by atoms with Gasteiger partial charge in [-0.15, -0.1) is 0 Å². The first-order chi connectivity index (χ1) is 6.72. The lowest BCUT2D eigenvalue weighted by Gasteiger charge is -2.08. The van der Waals surface area contributed by atoms with Crippen molar-refractivity contribution in [2.75, 3.05) is 0 Å². The first-order valence-corrected chi connectivity index (χ1v) is 6.33. The van der Waals surface area contributed by atoms with Crippen LogP contribution in [-0.2, 0) is 6.42 Å². The topological polar surface area (TPSA) is 0 Å². The molecule has 0 N–H and O–H groups in total. The van der Waals surface area contributed by atoms with Crippen LogP contribution in [0.25, 0.3) is 0 Å². The zero-order valence-electron chi connectivity index (χ0n) is 9.09. The second-order valence-electron chi connectivity index (χ2n) is 3.93. The van der Waals surface area contributed by atoms with Crippen molar-refractivity contribution in [2.24, 2.45) is 0 Å². The Morgan fingerprint density at radius 3 is 2.43 bits per heavy atom. The average Bonchev–Trinajstić information content (AvgIpc) is 2.18.